The number of nitrogens with one attached hydrogen (secondary N) is 2. The van der Waals surface area contributed by atoms with Gasteiger partial charge in [-0.05, 0) is 23.8 Å². The molecule has 0 aliphatic rings. The lowest BCUT2D eigenvalue weighted by Crippen LogP contribution is -2.25. The molecule has 0 spiro atoms. The van der Waals surface area contributed by atoms with E-state index < -0.39 is 4.92 Å². The summed E-state index contributed by atoms with van der Waals surface area (Å²) < 4.78 is 5.11. The number of anilines is 1. The van der Waals surface area contributed by atoms with Gasteiger partial charge in [0.1, 0.15) is 10.8 Å². The van der Waals surface area contributed by atoms with Gasteiger partial charge in [0.25, 0.3) is 11.6 Å². The maximum atomic E-state index is 12.2. The van der Waals surface area contributed by atoms with Crippen LogP contribution >= 0.6 is 11.3 Å². The fraction of sp³-hybridized carbons (Fsp3) is 0.200. The van der Waals surface area contributed by atoms with E-state index in [1.54, 1.807) is 24.3 Å². The third-order valence-corrected chi connectivity index (χ3v) is 5.08. The number of nitro benzene ring substituents is 1. The van der Waals surface area contributed by atoms with E-state index in [2.05, 4.69) is 20.8 Å². The third kappa shape index (κ3) is 6.31. The SMILES string of the molecule is COc1cccc(C(=O)NCCc2nnc(NC(=O)Cc3ccc([N+](=O)[O-])cc3)s2)c1. The van der Waals surface area contributed by atoms with E-state index in [9.17, 15) is 19.7 Å². The van der Waals surface area contributed by atoms with Gasteiger partial charge in [-0.15, -0.1) is 10.2 Å². The molecule has 0 radical (unpaired) electrons. The van der Waals surface area contributed by atoms with Crippen molar-refractivity contribution in [3.8, 4) is 5.75 Å². The Morgan fingerprint density at radius 3 is 2.65 bits per heavy atom. The number of non-ortho nitro benzene ring substituents is 1. The molecule has 10 nitrogen and oxygen atoms in total. The first-order valence-electron chi connectivity index (χ1n) is 9.22. The quantitative estimate of drug-likeness (QED) is 0.385. The van der Waals surface area contributed by atoms with Crippen molar-refractivity contribution in [3.05, 3.63) is 74.8 Å². The molecular weight excluding hydrogens is 422 g/mol. The zero-order valence-corrected chi connectivity index (χ0v) is 17.3. The van der Waals surface area contributed by atoms with Crippen LogP contribution in [0.15, 0.2) is 48.5 Å². The number of benzene rings is 2. The van der Waals surface area contributed by atoms with Gasteiger partial charge in [0, 0.05) is 30.7 Å². The van der Waals surface area contributed by atoms with Crippen molar-refractivity contribution >= 4 is 34.0 Å². The molecule has 2 N–H and O–H groups in total. The molecule has 31 heavy (non-hydrogen) atoms. The molecule has 0 unspecified atom stereocenters. The number of nitro groups is 1. The van der Waals surface area contributed by atoms with Crippen LogP contribution in [0.4, 0.5) is 10.8 Å². The number of aromatic nitrogens is 2. The van der Waals surface area contributed by atoms with E-state index in [1.807, 2.05) is 0 Å². The van der Waals surface area contributed by atoms with Gasteiger partial charge >= 0.3 is 0 Å². The summed E-state index contributed by atoms with van der Waals surface area (Å²) in [4.78, 5) is 34.5. The fourth-order valence-corrected chi connectivity index (χ4v) is 3.39. The Morgan fingerprint density at radius 2 is 1.94 bits per heavy atom. The second kappa shape index (κ2) is 10.3. The van der Waals surface area contributed by atoms with E-state index in [0.29, 0.717) is 40.0 Å². The van der Waals surface area contributed by atoms with Gasteiger partial charge in [0.05, 0.1) is 18.5 Å². The average molecular weight is 441 g/mol. The second-order valence-electron chi connectivity index (χ2n) is 6.39. The van der Waals surface area contributed by atoms with Crippen LogP contribution in [-0.4, -0.2) is 40.6 Å². The summed E-state index contributed by atoms with van der Waals surface area (Å²) in [6, 6.07) is 12.6. The van der Waals surface area contributed by atoms with Crippen molar-refractivity contribution in [1.82, 2.24) is 15.5 Å². The van der Waals surface area contributed by atoms with Crippen LogP contribution < -0.4 is 15.4 Å². The topological polar surface area (TPSA) is 136 Å². The Balaban J connectivity index is 1.45. The molecule has 0 aliphatic carbocycles. The lowest BCUT2D eigenvalue weighted by molar-refractivity contribution is -0.384. The maximum absolute atomic E-state index is 12.2. The van der Waals surface area contributed by atoms with Crippen LogP contribution in [0.2, 0.25) is 0 Å². The maximum Gasteiger partial charge on any atom is 0.269 e. The minimum Gasteiger partial charge on any atom is -0.497 e. The van der Waals surface area contributed by atoms with Gasteiger partial charge in [-0.2, -0.15) is 0 Å². The van der Waals surface area contributed by atoms with Crippen molar-refractivity contribution in [2.75, 3.05) is 19.0 Å². The Morgan fingerprint density at radius 1 is 1.16 bits per heavy atom. The number of hydrogen-bond donors (Lipinski definition) is 2. The summed E-state index contributed by atoms with van der Waals surface area (Å²) in [5, 5.41) is 25.1. The normalized spacial score (nSPS) is 10.4. The number of methoxy groups -OCH3 is 1. The highest BCUT2D eigenvalue weighted by Gasteiger charge is 2.11. The Hall–Kier alpha value is -3.86. The largest absolute Gasteiger partial charge is 0.497 e. The molecule has 2 amide bonds. The molecule has 0 aliphatic heterocycles. The molecule has 3 rings (SSSR count). The lowest BCUT2D eigenvalue weighted by atomic mass is 10.1. The summed E-state index contributed by atoms with van der Waals surface area (Å²) in [7, 11) is 1.54. The highest BCUT2D eigenvalue weighted by atomic mass is 32.1. The molecule has 0 saturated carbocycles. The standard InChI is InChI=1S/C20H19N5O5S/c1-30-16-4-2-3-14(12-16)19(27)21-10-9-18-23-24-20(31-18)22-17(26)11-13-5-7-15(8-6-13)25(28)29/h2-8,12H,9-11H2,1H3,(H,21,27)(H,22,24,26). The predicted octanol–water partition coefficient (Wildman–Crippen LogP) is 2.61. The van der Waals surface area contributed by atoms with Crippen molar-refractivity contribution in [2.24, 2.45) is 0 Å². The molecule has 1 aromatic heterocycles. The molecule has 0 saturated heterocycles. The predicted molar refractivity (Wildman–Crippen MR) is 114 cm³/mol. The molecule has 160 valence electrons. The molecule has 0 atom stereocenters. The minimum atomic E-state index is -0.494. The number of ether oxygens (including phenoxy) is 1. The number of rotatable bonds is 9. The molecule has 2 aromatic carbocycles. The number of hydrogen-bond acceptors (Lipinski definition) is 8. The van der Waals surface area contributed by atoms with Gasteiger partial charge in [0.2, 0.25) is 11.0 Å². The van der Waals surface area contributed by atoms with Crippen LogP contribution in [0.3, 0.4) is 0 Å². The summed E-state index contributed by atoms with van der Waals surface area (Å²) in [6.07, 6.45) is 0.523. The van der Waals surface area contributed by atoms with Crippen molar-refractivity contribution < 1.29 is 19.2 Å². The van der Waals surface area contributed by atoms with Crippen LogP contribution in [0.5, 0.6) is 5.75 Å². The molecular formula is C20H19N5O5S. The van der Waals surface area contributed by atoms with Gasteiger partial charge in [-0.1, -0.05) is 29.5 Å². The Labute approximate surface area is 181 Å². The van der Waals surface area contributed by atoms with Crippen LogP contribution in [0, 0.1) is 10.1 Å². The molecule has 1 heterocycles. The zero-order chi connectivity index (χ0) is 22.2. The Kier molecular flexibility index (Phi) is 7.22. The summed E-state index contributed by atoms with van der Waals surface area (Å²) >= 11 is 1.22. The second-order valence-corrected chi connectivity index (χ2v) is 7.45. The number of carbonyl (C=O) groups excluding carboxylic acids is 2. The summed E-state index contributed by atoms with van der Waals surface area (Å²) in [6.45, 7) is 0.363. The van der Waals surface area contributed by atoms with Crippen molar-refractivity contribution in [3.63, 3.8) is 0 Å². The number of amides is 2. The first-order chi connectivity index (χ1) is 14.9. The average Bonchev–Trinajstić information content (AvgIpc) is 3.21. The smallest absolute Gasteiger partial charge is 0.269 e. The van der Waals surface area contributed by atoms with E-state index in [1.165, 1.54) is 42.7 Å². The van der Waals surface area contributed by atoms with E-state index >= 15 is 0 Å². The molecule has 0 fully saturated rings. The first kappa shape index (κ1) is 21.8. The van der Waals surface area contributed by atoms with Gasteiger partial charge < -0.3 is 15.4 Å². The van der Waals surface area contributed by atoms with Crippen molar-refractivity contribution in [1.29, 1.82) is 0 Å². The zero-order valence-electron chi connectivity index (χ0n) is 16.5. The summed E-state index contributed by atoms with van der Waals surface area (Å²) in [5.74, 6) is 0.0776. The molecule has 3 aromatic rings. The molecule has 11 heteroatoms. The van der Waals surface area contributed by atoms with Gasteiger partial charge in [0.15, 0.2) is 0 Å². The minimum absolute atomic E-state index is 0.0311. The van der Waals surface area contributed by atoms with Crippen molar-refractivity contribution in [2.45, 2.75) is 12.8 Å². The monoisotopic (exact) mass is 441 g/mol. The summed E-state index contributed by atoms with van der Waals surface area (Å²) in [5.41, 5.74) is 1.11. The van der Waals surface area contributed by atoms with E-state index in [4.69, 9.17) is 4.74 Å². The number of nitrogens with zero attached hydrogens (tertiary/aromatic N) is 3. The fourth-order valence-electron chi connectivity index (χ4n) is 2.64. The highest BCUT2D eigenvalue weighted by Crippen LogP contribution is 2.17. The van der Waals surface area contributed by atoms with E-state index in [0.717, 1.165) is 0 Å². The van der Waals surface area contributed by atoms with Gasteiger partial charge in [-0.25, -0.2) is 0 Å². The van der Waals surface area contributed by atoms with Gasteiger partial charge in [-0.3, -0.25) is 19.7 Å². The number of carbonyl (C=O) groups is 2. The van der Waals surface area contributed by atoms with Crippen LogP contribution in [0.1, 0.15) is 20.9 Å². The molecule has 0 bridgehead atoms. The lowest BCUT2D eigenvalue weighted by Gasteiger charge is -2.05. The van der Waals surface area contributed by atoms with E-state index in [-0.39, 0.29) is 23.9 Å². The van der Waals surface area contributed by atoms with Crippen LogP contribution in [0.25, 0.3) is 0 Å². The highest BCUT2D eigenvalue weighted by molar-refractivity contribution is 7.15. The first-order valence-corrected chi connectivity index (χ1v) is 10.0. The third-order valence-electron chi connectivity index (χ3n) is 4.18. The Bertz CT molecular complexity index is 1080. The van der Waals surface area contributed by atoms with Crippen LogP contribution in [-0.2, 0) is 17.6 Å².